The first-order chi connectivity index (χ1) is 12.6. The largest absolute Gasteiger partial charge is 0.480 e. The van der Waals surface area contributed by atoms with Gasteiger partial charge in [0.1, 0.15) is 17.7 Å². The Kier molecular flexibility index (Phi) is 6.53. The number of thioether (sulfide) groups is 1. The number of fused-ring (bicyclic) bond motifs is 1. The van der Waals surface area contributed by atoms with Gasteiger partial charge in [0.2, 0.25) is 5.91 Å². The lowest BCUT2D eigenvalue weighted by molar-refractivity contribution is -0.179. The van der Waals surface area contributed by atoms with Gasteiger partial charge in [0.05, 0.1) is 6.26 Å². The molecule has 146 valence electrons. The lowest BCUT2D eigenvalue weighted by Gasteiger charge is -2.21. The standard InChI is InChI=1S/C17H16F3NO5S/c1-9(22)27-8-12(17(18,19)20)15(23)21-13(16(24)25)6-14-11-5-3-2-4-10(11)7-26-14/h2-5,7,12-13H,6,8H2,1H3,(H,21,23)(H,24,25). The molecule has 1 aromatic heterocycles. The van der Waals surface area contributed by atoms with Crippen LogP contribution in [0, 0.1) is 5.92 Å². The molecule has 0 saturated heterocycles. The molecule has 2 unspecified atom stereocenters. The van der Waals surface area contributed by atoms with Crippen LogP contribution >= 0.6 is 11.8 Å². The van der Waals surface area contributed by atoms with Crippen LogP contribution in [0.5, 0.6) is 0 Å². The highest BCUT2D eigenvalue weighted by atomic mass is 32.2. The van der Waals surface area contributed by atoms with Gasteiger partial charge in [-0.15, -0.1) is 0 Å². The Morgan fingerprint density at radius 2 is 1.93 bits per heavy atom. The average molecular weight is 403 g/mol. The lowest BCUT2D eigenvalue weighted by Crippen LogP contribution is -2.49. The first-order valence-corrected chi connectivity index (χ1v) is 8.76. The van der Waals surface area contributed by atoms with Crippen LogP contribution in [0.25, 0.3) is 10.8 Å². The number of aliphatic carboxylic acids is 1. The fourth-order valence-electron chi connectivity index (χ4n) is 2.39. The van der Waals surface area contributed by atoms with Crippen molar-refractivity contribution in [1.82, 2.24) is 5.32 Å². The number of rotatable bonds is 7. The zero-order valence-corrected chi connectivity index (χ0v) is 14.9. The van der Waals surface area contributed by atoms with Gasteiger partial charge in [-0.2, -0.15) is 13.2 Å². The van der Waals surface area contributed by atoms with Crippen molar-refractivity contribution in [1.29, 1.82) is 0 Å². The SMILES string of the molecule is CC(=O)SCC(C(=O)NC(Cc1occ2ccccc12)C(=O)O)C(F)(F)F. The molecule has 0 saturated carbocycles. The highest BCUT2D eigenvalue weighted by molar-refractivity contribution is 8.13. The predicted molar refractivity (Wildman–Crippen MR) is 92.2 cm³/mol. The number of carbonyl (C=O) groups is 3. The summed E-state index contributed by atoms with van der Waals surface area (Å²) in [4.78, 5) is 34.4. The van der Waals surface area contributed by atoms with Crippen LogP contribution in [-0.4, -0.2) is 40.1 Å². The molecule has 0 bridgehead atoms. The molecule has 0 fully saturated rings. The summed E-state index contributed by atoms with van der Waals surface area (Å²) in [6.45, 7) is 1.08. The van der Waals surface area contributed by atoms with Crippen LogP contribution in [0.4, 0.5) is 13.2 Å². The third-order valence-corrected chi connectivity index (χ3v) is 4.66. The number of hydrogen-bond donors (Lipinski definition) is 2. The van der Waals surface area contributed by atoms with Gasteiger partial charge < -0.3 is 14.8 Å². The molecule has 0 aliphatic heterocycles. The smallest absolute Gasteiger partial charge is 0.401 e. The monoisotopic (exact) mass is 403 g/mol. The van der Waals surface area contributed by atoms with Gasteiger partial charge in [0, 0.05) is 29.9 Å². The van der Waals surface area contributed by atoms with E-state index in [1.807, 2.05) is 5.32 Å². The Hall–Kier alpha value is -2.49. The fraction of sp³-hybridized carbons (Fsp3) is 0.353. The third-order valence-electron chi connectivity index (χ3n) is 3.76. The predicted octanol–water partition coefficient (Wildman–Crippen LogP) is 3.00. The quantitative estimate of drug-likeness (QED) is 0.738. The van der Waals surface area contributed by atoms with E-state index in [-0.39, 0.29) is 12.2 Å². The van der Waals surface area contributed by atoms with E-state index in [1.54, 1.807) is 24.3 Å². The molecule has 2 rings (SSSR count). The van der Waals surface area contributed by atoms with Gasteiger partial charge in [0.25, 0.3) is 0 Å². The van der Waals surface area contributed by atoms with Crippen LogP contribution in [0.15, 0.2) is 34.9 Å². The van der Waals surface area contributed by atoms with Gasteiger partial charge in [0.15, 0.2) is 5.12 Å². The van der Waals surface area contributed by atoms with Gasteiger partial charge >= 0.3 is 12.1 Å². The minimum absolute atomic E-state index is 0.236. The number of alkyl halides is 3. The van der Waals surface area contributed by atoms with Crippen molar-refractivity contribution >= 4 is 39.5 Å². The molecule has 2 N–H and O–H groups in total. The number of nitrogens with one attached hydrogen (secondary N) is 1. The molecule has 0 aliphatic carbocycles. The van der Waals surface area contributed by atoms with Gasteiger partial charge in [-0.1, -0.05) is 36.0 Å². The van der Waals surface area contributed by atoms with Crippen molar-refractivity contribution in [2.75, 3.05) is 5.75 Å². The maximum Gasteiger partial charge on any atom is 0.401 e. The van der Waals surface area contributed by atoms with Gasteiger partial charge in [-0.3, -0.25) is 9.59 Å². The first kappa shape index (κ1) is 20.8. The molecular formula is C17H16F3NO5S. The Balaban J connectivity index is 2.17. The van der Waals surface area contributed by atoms with E-state index in [4.69, 9.17) is 4.42 Å². The summed E-state index contributed by atoms with van der Waals surface area (Å²) in [5.74, 6) is -6.08. The molecule has 2 aromatic rings. The van der Waals surface area contributed by atoms with E-state index in [2.05, 4.69) is 0 Å². The van der Waals surface area contributed by atoms with E-state index in [0.717, 1.165) is 6.92 Å². The second-order valence-corrected chi connectivity index (χ2v) is 6.94. The number of hydrogen-bond acceptors (Lipinski definition) is 5. The third kappa shape index (κ3) is 5.49. The van der Waals surface area contributed by atoms with Crippen LogP contribution in [0.2, 0.25) is 0 Å². The van der Waals surface area contributed by atoms with E-state index in [0.29, 0.717) is 22.5 Å². The van der Waals surface area contributed by atoms with Crippen molar-refractivity contribution in [3.63, 3.8) is 0 Å². The Labute approximate surface area is 156 Å². The second kappa shape index (κ2) is 8.47. The normalized spacial score (nSPS) is 13.9. The van der Waals surface area contributed by atoms with Crippen LogP contribution in [-0.2, 0) is 20.8 Å². The minimum atomic E-state index is -4.91. The molecular weight excluding hydrogens is 387 g/mol. The minimum Gasteiger partial charge on any atom is -0.480 e. The topological polar surface area (TPSA) is 96.6 Å². The van der Waals surface area contributed by atoms with Crippen LogP contribution in [0.3, 0.4) is 0 Å². The number of halogens is 3. The number of amides is 1. The summed E-state index contributed by atoms with van der Waals surface area (Å²) in [5.41, 5.74) is 0. The Bertz CT molecular complexity index is 848. The molecule has 1 amide bonds. The molecule has 6 nitrogen and oxygen atoms in total. The number of carboxylic acid groups (broad SMARTS) is 1. The Morgan fingerprint density at radius 3 is 2.52 bits per heavy atom. The maximum absolute atomic E-state index is 13.1. The maximum atomic E-state index is 13.1. The summed E-state index contributed by atoms with van der Waals surface area (Å²) in [5, 5.41) is 11.9. The summed E-state index contributed by atoms with van der Waals surface area (Å²) < 4.78 is 44.6. The zero-order valence-electron chi connectivity index (χ0n) is 14.1. The number of benzene rings is 1. The zero-order chi connectivity index (χ0) is 20.2. The van der Waals surface area contributed by atoms with E-state index < -0.39 is 40.9 Å². The molecule has 1 heterocycles. The van der Waals surface area contributed by atoms with Crippen molar-refractivity contribution in [2.24, 2.45) is 5.92 Å². The number of furan rings is 1. The van der Waals surface area contributed by atoms with Crippen molar-refractivity contribution in [2.45, 2.75) is 25.6 Å². The van der Waals surface area contributed by atoms with E-state index in [9.17, 15) is 32.7 Å². The molecule has 1 aromatic carbocycles. The lowest BCUT2D eigenvalue weighted by atomic mass is 10.1. The number of carboxylic acids is 1. The molecule has 10 heteroatoms. The second-order valence-electron chi connectivity index (χ2n) is 5.75. The van der Waals surface area contributed by atoms with Crippen LogP contribution < -0.4 is 5.32 Å². The highest BCUT2D eigenvalue weighted by Crippen LogP contribution is 2.30. The Morgan fingerprint density at radius 1 is 1.26 bits per heavy atom. The summed E-state index contributed by atoms with van der Waals surface area (Å²) >= 11 is 0.352. The van der Waals surface area contributed by atoms with Gasteiger partial charge in [-0.25, -0.2) is 4.79 Å². The molecule has 0 radical (unpaired) electrons. The van der Waals surface area contributed by atoms with Gasteiger partial charge in [-0.05, 0) is 0 Å². The fourth-order valence-corrected chi connectivity index (χ4v) is 3.13. The van der Waals surface area contributed by atoms with E-state index >= 15 is 0 Å². The average Bonchev–Trinajstić information content (AvgIpc) is 2.96. The first-order valence-electron chi connectivity index (χ1n) is 7.78. The van der Waals surface area contributed by atoms with Crippen molar-refractivity contribution in [3.8, 4) is 0 Å². The van der Waals surface area contributed by atoms with Crippen molar-refractivity contribution in [3.05, 3.63) is 36.3 Å². The molecule has 0 spiro atoms. The summed E-state index contributed by atoms with van der Waals surface area (Å²) in [6, 6.07) is 5.25. The summed E-state index contributed by atoms with van der Waals surface area (Å²) in [7, 11) is 0. The summed E-state index contributed by atoms with van der Waals surface area (Å²) in [6.07, 6.45) is -3.83. The van der Waals surface area contributed by atoms with E-state index in [1.165, 1.54) is 6.26 Å². The van der Waals surface area contributed by atoms with Crippen LogP contribution in [0.1, 0.15) is 12.7 Å². The molecule has 27 heavy (non-hydrogen) atoms. The number of carbonyl (C=O) groups excluding carboxylic acids is 2. The molecule has 2 atom stereocenters. The highest BCUT2D eigenvalue weighted by Gasteiger charge is 2.45. The molecule has 0 aliphatic rings. The van der Waals surface area contributed by atoms with Crippen molar-refractivity contribution < 1.29 is 37.1 Å².